The zero-order chi connectivity index (χ0) is 29.0. The molecule has 3 heterocycles. The third kappa shape index (κ3) is 3.94. The van der Waals surface area contributed by atoms with E-state index in [1.165, 1.54) is 42.0 Å². The topological polar surface area (TPSA) is 43.6 Å². The molecule has 3 aromatic heterocycles. The largest absolute Gasteiger partial charge is 0.307 e. The molecule has 0 atom stereocenters. The van der Waals surface area contributed by atoms with Crippen molar-refractivity contribution in [2.45, 2.75) is 0 Å². The van der Waals surface area contributed by atoms with Gasteiger partial charge in [0.15, 0.2) is 17.5 Å². The molecule has 0 amide bonds. The Kier molecular flexibility index (Phi) is 5.64. The molecule has 0 spiro atoms. The Morgan fingerprint density at radius 2 is 0.955 bits per heavy atom. The van der Waals surface area contributed by atoms with Crippen molar-refractivity contribution in [2.24, 2.45) is 0 Å². The van der Waals surface area contributed by atoms with Gasteiger partial charge in [0, 0.05) is 43.2 Å². The second kappa shape index (κ2) is 9.97. The van der Waals surface area contributed by atoms with Crippen LogP contribution in [0.25, 0.3) is 81.8 Å². The van der Waals surface area contributed by atoms with E-state index in [1.807, 2.05) is 72.0 Å². The van der Waals surface area contributed by atoms with Crippen LogP contribution >= 0.6 is 11.3 Å². The van der Waals surface area contributed by atoms with Crippen molar-refractivity contribution in [2.75, 3.05) is 0 Å². The van der Waals surface area contributed by atoms with Crippen molar-refractivity contribution < 1.29 is 0 Å². The lowest BCUT2D eigenvalue weighted by molar-refractivity contribution is 1.07. The zero-order valence-corrected chi connectivity index (χ0v) is 24.4. The SMILES string of the molecule is c1ccc(-c2nc(-c3ccccc3)nc(-c3ccc(-n4c5c6ccccc6ccc5c5sc6ccccc6c54)cc3)n2)cc1. The standard InChI is InChI=1S/C39H24N4S/c1-3-12-26(13-4-1)37-40-38(27-14-5-2-6-15-27)42-39(41-37)28-19-22-29(23-20-28)43-34-30-16-8-7-11-25(30)21-24-32(34)36-35(43)31-17-9-10-18-33(31)44-36/h1-24H. The molecule has 0 N–H and O–H groups in total. The average molecular weight is 581 g/mol. The monoisotopic (exact) mass is 580 g/mol. The van der Waals surface area contributed by atoms with Crippen molar-refractivity contribution >= 4 is 53.3 Å². The molecule has 0 radical (unpaired) electrons. The van der Waals surface area contributed by atoms with Crippen molar-refractivity contribution in [3.8, 4) is 39.9 Å². The first kappa shape index (κ1) is 24.9. The molecule has 4 nitrogen and oxygen atoms in total. The molecular formula is C39H24N4S. The number of nitrogens with zero attached hydrogens (tertiary/aromatic N) is 4. The van der Waals surface area contributed by atoms with Crippen LogP contribution in [0.5, 0.6) is 0 Å². The van der Waals surface area contributed by atoms with Crippen LogP contribution in [0.1, 0.15) is 0 Å². The zero-order valence-electron chi connectivity index (χ0n) is 23.6. The van der Waals surface area contributed by atoms with Crippen molar-refractivity contribution in [1.82, 2.24) is 19.5 Å². The summed E-state index contributed by atoms with van der Waals surface area (Å²) in [4.78, 5) is 14.7. The molecule has 0 unspecified atom stereocenters. The summed E-state index contributed by atoms with van der Waals surface area (Å²) in [5.41, 5.74) is 6.46. The summed E-state index contributed by atoms with van der Waals surface area (Å²) >= 11 is 1.87. The Morgan fingerprint density at radius 1 is 0.409 bits per heavy atom. The highest BCUT2D eigenvalue weighted by atomic mass is 32.1. The number of thiophene rings is 1. The van der Waals surface area contributed by atoms with Crippen LogP contribution < -0.4 is 0 Å². The lowest BCUT2D eigenvalue weighted by atomic mass is 10.1. The first-order chi connectivity index (χ1) is 21.8. The van der Waals surface area contributed by atoms with Gasteiger partial charge in [-0.25, -0.2) is 15.0 Å². The van der Waals surface area contributed by atoms with Crippen LogP contribution in [0.3, 0.4) is 0 Å². The molecule has 9 rings (SSSR count). The van der Waals surface area contributed by atoms with Crippen LogP contribution in [0.15, 0.2) is 146 Å². The summed E-state index contributed by atoms with van der Waals surface area (Å²) in [5, 5.41) is 5.04. The molecule has 206 valence electrons. The first-order valence-electron chi connectivity index (χ1n) is 14.6. The summed E-state index contributed by atoms with van der Waals surface area (Å²) in [6.07, 6.45) is 0. The maximum absolute atomic E-state index is 4.94. The second-order valence-corrected chi connectivity index (χ2v) is 11.9. The van der Waals surface area contributed by atoms with Crippen LogP contribution in [-0.4, -0.2) is 19.5 Å². The highest BCUT2D eigenvalue weighted by Gasteiger charge is 2.20. The summed E-state index contributed by atoms with van der Waals surface area (Å²) < 4.78 is 5.05. The minimum Gasteiger partial charge on any atom is -0.307 e. The smallest absolute Gasteiger partial charge is 0.164 e. The van der Waals surface area contributed by atoms with Gasteiger partial charge in [-0.1, -0.05) is 115 Å². The highest BCUT2D eigenvalue weighted by molar-refractivity contribution is 7.26. The molecule has 0 aliphatic carbocycles. The Bertz CT molecular complexity index is 2410. The van der Waals surface area contributed by atoms with Crippen LogP contribution in [0.2, 0.25) is 0 Å². The molecule has 0 aliphatic rings. The van der Waals surface area contributed by atoms with Gasteiger partial charge in [-0.2, -0.15) is 0 Å². The molecule has 9 aromatic rings. The van der Waals surface area contributed by atoms with E-state index in [1.54, 1.807) is 0 Å². The fourth-order valence-electron chi connectivity index (χ4n) is 6.18. The lowest BCUT2D eigenvalue weighted by Gasteiger charge is -2.12. The summed E-state index contributed by atoms with van der Waals surface area (Å²) in [5.74, 6) is 1.97. The maximum atomic E-state index is 4.94. The van der Waals surface area contributed by atoms with Gasteiger partial charge in [0.1, 0.15) is 0 Å². The molecule has 5 heteroatoms. The van der Waals surface area contributed by atoms with Gasteiger partial charge >= 0.3 is 0 Å². The first-order valence-corrected chi connectivity index (χ1v) is 15.4. The van der Waals surface area contributed by atoms with Gasteiger partial charge in [-0.05, 0) is 35.7 Å². The van der Waals surface area contributed by atoms with Gasteiger partial charge in [-0.15, -0.1) is 11.3 Å². The number of aromatic nitrogens is 4. The molecule has 6 aromatic carbocycles. The molecular weight excluding hydrogens is 557 g/mol. The normalized spacial score (nSPS) is 11.6. The number of fused-ring (bicyclic) bond motifs is 7. The summed E-state index contributed by atoms with van der Waals surface area (Å²) in [7, 11) is 0. The van der Waals surface area contributed by atoms with Crippen molar-refractivity contribution in [3.05, 3.63) is 146 Å². The van der Waals surface area contributed by atoms with E-state index in [4.69, 9.17) is 15.0 Å². The van der Waals surface area contributed by atoms with E-state index >= 15 is 0 Å². The van der Waals surface area contributed by atoms with Crippen LogP contribution in [0, 0.1) is 0 Å². The van der Waals surface area contributed by atoms with Crippen LogP contribution in [-0.2, 0) is 0 Å². The van der Waals surface area contributed by atoms with Gasteiger partial charge in [0.2, 0.25) is 0 Å². The highest BCUT2D eigenvalue weighted by Crippen LogP contribution is 2.44. The van der Waals surface area contributed by atoms with E-state index in [2.05, 4.69) is 89.5 Å². The van der Waals surface area contributed by atoms with Gasteiger partial charge < -0.3 is 4.57 Å². The average Bonchev–Trinajstić information content (AvgIpc) is 3.64. The molecule has 0 bridgehead atoms. The molecule has 0 aliphatic heterocycles. The number of rotatable bonds is 4. The number of hydrogen-bond acceptors (Lipinski definition) is 4. The summed E-state index contributed by atoms with van der Waals surface area (Å²) in [6.45, 7) is 0. The van der Waals surface area contributed by atoms with Gasteiger partial charge in [0.05, 0.1) is 15.7 Å². The Labute approximate surface area is 257 Å². The minimum absolute atomic E-state index is 0.651. The van der Waals surface area contributed by atoms with E-state index in [-0.39, 0.29) is 0 Å². The fourth-order valence-corrected chi connectivity index (χ4v) is 7.40. The van der Waals surface area contributed by atoms with E-state index in [9.17, 15) is 0 Å². The van der Waals surface area contributed by atoms with Crippen LogP contribution in [0.4, 0.5) is 0 Å². The predicted molar refractivity (Wildman–Crippen MR) is 183 cm³/mol. The fraction of sp³-hybridized carbons (Fsp3) is 0. The van der Waals surface area contributed by atoms with Crippen molar-refractivity contribution in [3.63, 3.8) is 0 Å². The molecule has 0 saturated heterocycles. The third-order valence-electron chi connectivity index (χ3n) is 8.24. The van der Waals surface area contributed by atoms with E-state index < -0.39 is 0 Å². The lowest BCUT2D eigenvalue weighted by Crippen LogP contribution is -2.00. The van der Waals surface area contributed by atoms with Crippen molar-refractivity contribution in [1.29, 1.82) is 0 Å². The Balaban J connectivity index is 1.26. The maximum Gasteiger partial charge on any atom is 0.164 e. The number of hydrogen-bond donors (Lipinski definition) is 0. The number of benzene rings is 6. The quantitative estimate of drug-likeness (QED) is 0.208. The molecule has 44 heavy (non-hydrogen) atoms. The second-order valence-electron chi connectivity index (χ2n) is 10.9. The summed E-state index contributed by atoms with van der Waals surface area (Å²) in [6, 6.07) is 50.7. The van der Waals surface area contributed by atoms with Gasteiger partial charge in [0.25, 0.3) is 0 Å². The van der Waals surface area contributed by atoms with E-state index in [0.29, 0.717) is 17.5 Å². The van der Waals surface area contributed by atoms with Gasteiger partial charge in [-0.3, -0.25) is 0 Å². The Hall–Kier alpha value is -5.65. The molecule has 0 saturated carbocycles. The minimum atomic E-state index is 0.651. The van der Waals surface area contributed by atoms with E-state index in [0.717, 1.165) is 22.4 Å². The Morgan fingerprint density at radius 3 is 1.61 bits per heavy atom. The predicted octanol–water partition coefficient (Wildman–Crippen LogP) is 10.3. The third-order valence-corrected chi connectivity index (χ3v) is 9.44. The molecule has 0 fully saturated rings.